The van der Waals surface area contributed by atoms with Gasteiger partial charge in [-0.05, 0) is 51.9 Å². The molecular weight excluding hydrogens is 296 g/mol. The number of rotatable bonds is 7. The van der Waals surface area contributed by atoms with Gasteiger partial charge in [0.15, 0.2) is 0 Å². The van der Waals surface area contributed by atoms with Crippen LogP contribution in [0.25, 0.3) is 0 Å². The van der Waals surface area contributed by atoms with Crippen LogP contribution in [0.5, 0.6) is 0 Å². The van der Waals surface area contributed by atoms with E-state index in [4.69, 9.17) is 0 Å². The first-order valence-corrected chi connectivity index (χ1v) is 7.72. The highest BCUT2D eigenvalue weighted by Gasteiger charge is 2.19. The first-order chi connectivity index (χ1) is 7.93. The lowest BCUT2D eigenvalue weighted by Gasteiger charge is -2.30. The summed E-state index contributed by atoms with van der Waals surface area (Å²) in [4.78, 5) is 2.39. The summed E-state index contributed by atoms with van der Waals surface area (Å²) in [6.45, 7) is 11.0. The molecule has 0 aliphatic heterocycles. The van der Waals surface area contributed by atoms with Gasteiger partial charge in [-0.2, -0.15) is 0 Å². The van der Waals surface area contributed by atoms with Crippen LogP contribution in [0.4, 0.5) is 0 Å². The summed E-state index contributed by atoms with van der Waals surface area (Å²) in [6.07, 6.45) is 0. The Hall–Kier alpha value is 0.100. The third-order valence-corrected chi connectivity index (χ3v) is 4.18. The smallest absolute Gasteiger partial charge is 0.0701 e. The Morgan fingerprint density at radius 1 is 1.47 bits per heavy atom. The molecule has 0 bridgehead atoms. The number of halogens is 1. The van der Waals surface area contributed by atoms with Gasteiger partial charge in [0, 0.05) is 19.6 Å². The topological polar surface area (TPSA) is 15.3 Å². The highest BCUT2D eigenvalue weighted by atomic mass is 79.9. The van der Waals surface area contributed by atoms with Crippen molar-refractivity contribution in [1.29, 1.82) is 0 Å². The fourth-order valence-corrected chi connectivity index (χ4v) is 3.25. The highest BCUT2D eigenvalue weighted by molar-refractivity contribution is 9.11. The van der Waals surface area contributed by atoms with Crippen molar-refractivity contribution in [2.45, 2.75) is 27.3 Å². The maximum atomic E-state index is 3.51. The largest absolute Gasteiger partial charge is 0.316 e. The van der Waals surface area contributed by atoms with Gasteiger partial charge in [0.2, 0.25) is 0 Å². The standard InChI is InChI=1S/C13H23BrN2S/c1-5-15-9-13(2,3)10-16(4)7-11-6-12(14)17-8-11/h6,8,15H,5,7,9-10H2,1-4H3. The van der Waals surface area contributed by atoms with E-state index in [9.17, 15) is 0 Å². The minimum atomic E-state index is 0.317. The van der Waals surface area contributed by atoms with Crippen LogP contribution in [0.3, 0.4) is 0 Å². The Labute approximate surface area is 118 Å². The molecule has 1 aromatic heterocycles. The van der Waals surface area contributed by atoms with Crippen LogP contribution >= 0.6 is 27.3 Å². The van der Waals surface area contributed by atoms with Gasteiger partial charge in [-0.1, -0.05) is 20.8 Å². The molecule has 98 valence electrons. The summed E-state index contributed by atoms with van der Waals surface area (Å²) in [5.41, 5.74) is 1.71. The van der Waals surface area contributed by atoms with Crippen LogP contribution in [0.2, 0.25) is 0 Å². The quantitative estimate of drug-likeness (QED) is 0.826. The van der Waals surface area contributed by atoms with Gasteiger partial charge in [-0.3, -0.25) is 0 Å². The molecule has 0 spiro atoms. The molecule has 0 radical (unpaired) electrons. The van der Waals surface area contributed by atoms with Gasteiger partial charge in [-0.15, -0.1) is 11.3 Å². The molecule has 1 rings (SSSR count). The number of thiophene rings is 1. The summed E-state index contributed by atoms with van der Waals surface area (Å²) < 4.78 is 1.22. The summed E-state index contributed by atoms with van der Waals surface area (Å²) >= 11 is 5.26. The average molecular weight is 319 g/mol. The van der Waals surface area contributed by atoms with E-state index in [1.165, 1.54) is 9.35 Å². The second kappa shape index (κ2) is 6.88. The third-order valence-electron chi connectivity index (χ3n) is 2.63. The molecule has 0 aromatic carbocycles. The Kier molecular flexibility index (Phi) is 6.13. The van der Waals surface area contributed by atoms with Crippen molar-refractivity contribution in [3.63, 3.8) is 0 Å². The molecule has 0 fully saturated rings. The Balaban J connectivity index is 2.40. The van der Waals surface area contributed by atoms with Crippen molar-refractivity contribution in [2.75, 3.05) is 26.7 Å². The minimum Gasteiger partial charge on any atom is -0.316 e. The van der Waals surface area contributed by atoms with Crippen molar-refractivity contribution in [3.05, 3.63) is 20.8 Å². The zero-order valence-corrected chi connectivity index (χ0v) is 13.6. The van der Waals surface area contributed by atoms with Crippen molar-refractivity contribution in [2.24, 2.45) is 5.41 Å². The summed E-state index contributed by atoms with van der Waals surface area (Å²) in [5, 5.41) is 5.65. The van der Waals surface area contributed by atoms with Crippen molar-refractivity contribution in [1.82, 2.24) is 10.2 Å². The van der Waals surface area contributed by atoms with Gasteiger partial charge in [-0.25, -0.2) is 0 Å². The van der Waals surface area contributed by atoms with Crippen LogP contribution in [0.15, 0.2) is 15.2 Å². The first-order valence-electron chi connectivity index (χ1n) is 6.05. The normalized spacial score (nSPS) is 12.4. The van der Waals surface area contributed by atoms with E-state index in [1.54, 1.807) is 11.3 Å². The first kappa shape index (κ1) is 15.2. The molecule has 0 unspecified atom stereocenters. The predicted molar refractivity (Wildman–Crippen MR) is 80.7 cm³/mol. The van der Waals surface area contributed by atoms with Crippen LogP contribution in [-0.4, -0.2) is 31.6 Å². The third kappa shape index (κ3) is 6.00. The monoisotopic (exact) mass is 318 g/mol. The maximum Gasteiger partial charge on any atom is 0.0701 e. The fourth-order valence-electron chi connectivity index (χ4n) is 2.05. The molecule has 0 amide bonds. The second-order valence-electron chi connectivity index (χ2n) is 5.38. The van der Waals surface area contributed by atoms with Gasteiger partial charge in [0.1, 0.15) is 0 Å². The molecule has 0 saturated carbocycles. The van der Waals surface area contributed by atoms with E-state index in [0.717, 1.165) is 26.2 Å². The Morgan fingerprint density at radius 3 is 2.71 bits per heavy atom. The van der Waals surface area contributed by atoms with E-state index >= 15 is 0 Å². The van der Waals surface area contributed by atoms with Crippen molar-refractivity contribution < 1.29 is 0 Å². The van der Waals surface area contributed by atoms with E-state index < -0.39 is 0 Å². The van der Waals surface area contributed by atoms with Crippen LogP contribution in [-0.2, 0) is 6.54 Å². The lowest BCUT2D eigenvalue weighted by molar-refractivity contribution is 0.199. The zero-order chi connectivity index (χ0) is 12.9. The average Bonchev–Trinajstić information content (AvgIpc) is 2.60. The molecule has 0 saturated heterocycles. The number of hydrogen-bond donors (Lipinski definition) is 1. The summed E-state index contributed by atoms with van der Waals surface area (Å²) in [6, 6.07) is 2.21. The Bertz CT molecular complexity index is 336. The molecule has 0 aliphatic carbocycles. The molecule has 1 heterocycles. The molecule has 0 aliphatic rings. The maximum absolute atomic E-state index is 3.51. The van der Waals surface area contributed by atoms with Gasteiger partial charge in [0.05, 0.1) is 3.79 Å². The fraction of sp³-hybridized carbons (Fsp3) is 0.692. The molecule has 1 N–H and O–H groups in total. The number of hydrogen-bond acceptors (Lipinski definition) is 3. The molecule has 4 heteroatoms. The second-order valence-corrected chi connectivity index (χ2v) is 7.67. The highest BCUT2D eigenvalue weighted by Crippen LogP contribution is 2.22. The van der Waals surface area contributed by atoms with Crippen molar-refractivity contribution in [3.8, 4) is 0 Å². The van der Waals surface area contributed by atoms with E-state index in [0.29, 0.717) is 5.41 Å². The van der Waals surface area contributed by atoms with Crippen LogP contribution in [0.1, 0.15) is 26.3 Å². The molecular formula is C13H23BrN2S. The minimum absolute atomic E-state index is 0.317. The number of nitrogens with zero attached hydrogens (tertiary/aromatic N) is 1. The predicted octanol–water partition coefficient (Wildman–Crippen LogP) is 3.58. The van der Waals surface area contributed by atoms with Gasteiger partial charge >= 0.3 is 0 Å². The summed E-state index contributed by atoms with van der Waals surface area (Å²) in [7, 11) is 2.19. The van der Waals surface area contributed by atoms with Gasteiger partial charge in [0.25, 0.3) is 0 Å². The lowest BCUT2D eigenvalue weighted by Crippen LogP contribution is -2.38. The lowest BCUT2D eigenvalue weighted by atomic mass is 9.92. The van der Waals surface area contributed by atoms with Crippen LogP contribution in [0, 0.1) is 5.41 Å². The van der Waals surface area contributed by atoms with E-state index in [-0.39, 0.29) is 0 Å². The number of nitrogens with one attached hydrogen (secondary N) is 1. The summed E-state index contributed by atoms with van der Waals surface area (Å²) in [5.74, 6) is 0. The SMILES string of the molecule is CCNCC(C)(C)CN(C)Cc1csc(Br)c1. The van der Waals surface area contributed by atoms with E-state index in [2.05, 4.69) is 65.4 Å². The van der Waals surface area contributed by atoms with E-state index in [1.807, 2.05) is 0 Å². The Morgan fingerprint density at radius 2 is 2.18 bits per heavy atom. The molecule has 2 nitrogen and oxygen atoms in total. The zero-order valence-electron chi connectivity index (χ0n) is 11.2. The van der Waals surface area contributed by atoms with Gasteiger partial charge < -0.3 is 10.2 Å². The van der Waals surface area contributed by atoms with Crippen molar-refractivity contribution >= 4 is 27.3 Å². The molecule has 0 atom stereocenters. The molecule has 17 heavy (non-hydrogen) atoms. The molecule has 1 aromatic rings. The van der Waals surface area contributed by atoms with Crippen LogP contribution < -0.4 is 5.32 Å².